The number of ether oxygens (including phenoxy) is 1. The molecule has 0 spiro atoms. The zero-order valence-electron chi connectivity index (χ0n) is 13.0. The van der Waals surface area contributed by atoms with Crippen LogP contribution in [0.3, 0.4) is 0 Å². The van der Waals surface area contributed by atoms with Gasteiger partial charge in [0.15, 0.2) is 0 Å². The van der Waals surface area contributed by atoms with Gasteiger partial charge < -0.3 is 9.84 Å². The van der Waals surface area contributed by atoms with Gasteiger partial charge in [-0.15, -0.1) is 0 Å². The van der Waals surface area contributed by atoms with Gasteiger partial charge in [-0.2, -0.15) is 0 Å². The molecular weight excluding hydrogens is 284 g/mol. The van der Waals surface area contributed by atoms with Crippen LogP contribution in [0.25, 0.3) is 0 Å². The molecule has 1 N–H and O–H groups in total. The standard InChI is InChI=1S/C17H22O5/c1-3-17(4-2,14(18)15(19)20)16(21)22-12-8-11-13-9-6-5-7-10-13/h5-7,9-10H,3-4,8,11-12H2,1-2H3,(H,19,20). The predicted molar refractivity (Wildman–Crippen MR) is 81.4 cm³/mol. The number of aryl methyl sites for hydroxylation is 1. The molecule has 0 fully saturated rings. The van der Waals surface area contributed by atoms with E-state index in [1.807, 2.05) is 30.3 Å². The summed E-state index contributed by atoms with van der Waals surface area (Å²) in [7, 11) is 0. The molecule has 0 heterocycles. The first-order valence-corrected chi connectivity index (χ1v) is 7.46. The van der Waals surface area contributed by atoms with Crippen LogP contribution in [0.4, 0.5) is 0 Å². The van der Waals surface area contributed by atoms with Crippen molar-refractivity contribution >= 4 is 17.7 Å². The highest BCUT2D eigenvalue weighted by molar-refractivity contribution is 6.39. The number of esters is 1. The number of Topliss-reactive ketones (excluding diaryl/α,β-unsaturated/α-hetero) is 1. The molecule has 22 heavy (non-hydrogen) atoms. The minimum atomic E-state index is -1.59. The van der Waals surface area contributed by atoms with Gasteiger partial charge in [0, 0.05) is 0 Å². The Bertz CT molecular complexity index is 517. The molecule has 0 aliphatic heterocycles. The zero-order valence-corrected chi connectivity index (χ0v) is 13.0. The average molecular weight is 306 g/mol. The van der Waals surface area contributed by atoms with Crippen LogP contribution in [0.1, 0.15) is 38.7 Å². The molecule has 1 aromatic carbocycles. The Labute approximate surface area is 130 Å². The van der Waals surface area contributed by atoms with E-state index in [-0.39, 0.29) is 19.4 Å². The van der Waals surface area contributed by atoms with Crippen molar-refractivity contribution in [1.29, 1.82) is 0 Å². The number of aliphatic carboxylic acids is 1. The summed E-state index contributed by atoms with van der Waals surface area (Å²) in [5, 5.41) is 8.89. The number of carbonyl (C=O) groups is 3. The molecule has 0 atom stereocenters. The molecule has 0 unspecified atom stereocenters. The van der Waals surface area contributed by atoms with Crippen LogP contribution in [-0.2, 0) is 25.5 Å². The Balaban J connectivity index is 2.57. The molecule has 0 amide bonds. The predicted octanol–water partition coefficient (Wildman–Crippen LogP) is 2.62. The number of carboxylic acid groups (broad SMARTS) is 1. The Hall–Kier alpha value is -2.17. The van der Waals surface area contributed by atoms with Gasteiger partial charge in [-0.25, -0.2) is 4.79 Å². The smallest absolute Gasteiger partial charge is 0.373 e. The van der Waals surface area contributed by atoms with Gasteiger partial charge in [0.2, 0.25) is 0 Å². The summed E-state index contributed by atoms with van der Waals surface area (Å²) < 4.78 is 5.16. The molecule has 0 aliphatic rings. The highest BCUT2D eigenvalue weighted by Crippen LogP contribution is 2.29. The van der Waals surface area contributed by atoms with E-state index in [9.17, 15) is 14.4 Å². The Kier molecular flexibility index (Phi) is 6.76. The molecule has 0 saturated carbocycles. The summed E-state index contributed by atoms with van der Waals surface area (Å²) in [5.41, 5.74) is -0.434. The maximum Gasteiger partial charge on any atom is 0.373 e. The van der Waals surface area contributed by atoms with E-state index in [4.69, 9.17) is 9.84 Å². The van der Waals surface area contributed by atoms with Crippen molar-refractivity contribution in [1.82, 2.24) is 0 Å². The third-order valence-corrected chi connectivity index (χ3v) is 3.91. The van der Waals surface area contributed by atoms with E-state index < -0.39 is 23.1 Å². The van der Waals surface area contributed by atoms with Crippen molar-refractivity contribution in [2.24, 2.45) is 5.41 Å². The van der Waals surface area contributed by atoms with Crippen LogP contribution in [0.2, 0.25) is 0 Å². The van der Waals surface area contributed by atoms with Crippen molar-refractivity contribution in [3.8, 4) is 0 Å². The Morgan fingerprint density at radius 1 is 1.09 bits per heavy atom. The number of ketones is 1. The summed E-state index contributed by atoms with van der Waals surface area (Å²) in [6, 6.07) is 9.77. The average Bonchev–Trinajstić information content (AvgIpc) is 2.54. The van der Waals surface area contributed by atoms with Gasteiger partial charge >= 0.3 is 11.9 Å². The van der Waals surface area contributed by atoms with Crippen molar-refractivity contribution in [2.45, 2.75) is 39.5 Å². The van der Waals surface area contributed by atoms with Crippen LogP contribution in [0, 0.1) is 5.41 Å². The largest absolute Gasteiger partial charge is 0.475 e. The van der Waals surface area contributed by atoms with E-state index >= 15 is 0 Å². The Morgan fingerprint density at radius 3 is 2.18 bits per heavy atom. The lowest BCUT2D eigenvalue weighted by molar-refractivity contribution is -0.168. The lowest BCUT2D eigenvalue weighted by Gasteiger charge is -2.25. The van der Waals surface area contributed by atoms with Crippen molar-refractivity contribution < 1.29 is 24.2 Å². The minimum Gasteiger partial charge on any atom is -0.475 e. The van der Waals surface area contributed by atoms with Gasteiger partial charge in [-0.3, -0.25) is 9.59 Å². The quantitative estimate of drug-likeness (QED) is 0.328. The van der Waals surface area contributed by atoms with Crippen molar-refractivity contribution in [3.05, 3.63) is 35.9 Å². The number of hydrogen-bond acceptors (Lipinski definition) is 4. The first-order valence-electron chi connectivity index (χ1n) is 7.46. The van der Waals surface area contributed by atoms with Gasteiger partial charge in [0.1, 0.15) is 5.41 Å². The summed E-state index contributed by atoms with van der Waals surface area (Å²) in [6.45, 7) is 3.41. The lowest BCUT2D eigenvalue weighted by Crippen LogP contribution is -2.43. The zero-order chi connectivity index (χ0) is 16.6. The first kappa shape index (κ1) is 17.9. The lowest BCUT2D eigenvalue weighted by atomic mass is 9.78. The first-order chi connectivity index (χ1) is 10.5. The second-order valence-corrected chi connectivity index (χ2v) is 5.15. The molecule has 0 aromatic heterocycles. The molecule has 1 aromatic rings. The fourth-order valence-corrected chi connectivity index (χ4v) is 2.38. The molecular formula is C17H22O5. The van der Waals surface area contributed by atoms with Crippen molar-refractivity contribution in [2.75, 3.05) is 6.61 Å². The molecule has 120 valence electrons. The van der Waals surface area contributed by atoms with Crippen LogP contribution < -0.4 is 0 Å². The SMILES string of the molecule is CCC(CC)(C(=O)OCCCc1ccccc1)C(=O)C(=O)O. The topological polar surface area (TPSA) is 80.7 Å². The summed E-state index contributed by atoms with van der Waals surface area (Å²) >= 11 is 0. The van der Waals surface area contributed by atoms with Gasteiger partial charge in [0.25, 0.3) is 5.78 Å². The molecule has 0 radical (unpaired) electrons. The summed E-state index contributed by atoms with van der Waals surface area (Å²) in [4.78, 5) is 34.9. The Morgan fingerprint density at radius 2 is 1.68 bits per heavy atom. The number of carbonyl (C=O) groups excluding carboxylic acids is 2. The highest BCUT2D eigenvalue weighted by Gasteiger charge is 2.47. The number of rotatable bonds is 9. The summed E-state index contributed by atoms with van der Waals surface area (Å²) in [6.07, 6.45) is 1.62. The second kappa shape index (κ2) is 8.32. The normalized spacial score (nSPS) is 11.0. The summed E-state index contributed by atoms with van der Waals surface area (Å²) in [5.74, 6) is -3.42. The number of hydrogen-bond donors (Lipinski definition) is 1. The minimum absolute atomic E-state index is 0.117. The third kappa shape index (κ3) is 4.16. The van der Waals surface area contributed by atoms with E-state index in [0.29, 0.717) is 6.42 Å². The highest BCUT2D eigenvalue weighted by atomic mass is 16.5. The maximum atomic E-state index is 12.2. The monoisotopic (exact) mass is 306 g/mol. The van der Waals surface area contributed by atoms with Crippen LogP contribution in [0.15, 0.2) is 30.3 Å². The van der Waals surface area contributed by atoms with E-state index in [1.54, 1.807) is 13.8 Å². The van der Waals surface area contributed by atoms with Crippen molar-refractivity contribution in [3.63, 3.8) is 0 Å². The number of carboxylic acids is 1. The maximum absolute atomic E-state index is 12.2. The number of benzene rings is 1. The van der Waals surface area contributed by atoms with Crippen LogP contribution in [-0.4, -0.2) is 29.4 Å². The fourth-order valence-electron chi connectivity index (χ4n) is 2.38. The van der Waals surface area contributed by atoms with E-state index in [2.05, 4.69) is 0 Å². The second-order valence-electron chi connectivity index (χ2n) is 5.15. The van der Waals surface area contributed by atoms with E-state index in [1.165, 1.54) is 0 Å². The molecule has 5 nitrogen and oxygen atoms in total. The van der Waals surface area contributed by atoms with E-state index in [0.717, 1.165) is 12.0 Å². The van der Waals surface area contributed by atoms with Crippen LogP contribution in [0.5, 0.6) is 0 Å². The fraction of sp³-hybridized carbons (Fsp3) is 0.471. The molecule has 0 bridgehead atoms. The third-order valence-electron chi connectivity index (χ3n) is 3.91. The van der Waals surface area contributed by atoms with Crippen LogP contribution >= 0.6 is 0 Å². The molecule has 0 saturated heterocycles. The van der Waals surface area contributed by atoms with Gasteiger partial charge in [-0.1, -0.05) is 44.2 Å². The van der Waals surface area contributed by atoms with Gasteiger partial charge in [-0.05, 0) is 31.2 Å². The molecule has 1 rings (SSSR count). The molecule has 5 heteroatoms. The molecule has 0 aliphatic carbocycles. The van der Waals surface area contributed by atoms with Gasteiger partial charge in [0.05, 0.1) is 6.61 Å².